The summed E-state index contributed by atoms with van der Waals surface area (Å²) in [5.74, 6) is -0.342. The number of carbonyl (C=O) groups is 1. The van der Waals surface area contributed by atoms with Gasteiger partial charge in [-0.25, -0.2) is 0 Å². The first-order valence-corrected chi connectivity index (χ1v) is 5.53. The fraction of sp³-hybridized carbons (Fsp3) is 0.500. The molecule has 0 aliphatic carbocycles. The van der Waals surface area contributed by atoms with Crippen molar-refractivity contribution in [2.75, 3.05) is 13.2 Å². The molecule has 0 radical (unpaired) electrons. The Bertz CT molecular complexity index is 381. The molecule has 1 heterocycles. The average Bonchev–Trinajstić information content (AvgIpc) is 2.36. The van der Waals surface area contributed by atoms with E-state index in [2.05, 4.69) is 10.3 Å². The van der Waals surface area contributed by atoms with Gasteiger partial charge < -0.3 is 15.5 Å². The van der Waals surface area contributed by atoms with Gasteiger partial charge >= 0.3 is 0 Å². The monoisotopic (exact) mass is 238 g/mol. The van der Waals surface area contributed by atoms with E-state index in [9.17, 15) is 15.0 Å². The SMILES string of the molecule is CCC(CO)(CO)NC(=O)c1cncc(C)c1. The molecule has 0 spiro atoms. The van der Waals surface area contributed by atoms with Crippen LogP contribution in [0.1, 0.15) is 29.3 Å². The minimum Gasteiger partial charge on any atom is -0.394 e. The van der Waals surface area contributed by atoms with Crippen LogP contribution >= 0.6 is 0 Å². The number of aromatic nitrogens is 1. The maximum atomic E-state index is 11.9. The smallest absolute Gasteiger partial charge is 0.253 e. The number of aliphatic hydroxyl groups is 2. The Kier molecular flexibility index (Phi) is 4.60. The molecule has 17 heavy (non-hydrogen) atoms. The summed E-state index contributed by atoms with van der Waals surface area (Å²) in [6.45, 7) is 3.03. The Morgan fingerprint density at radius 3 is 2.53 bits per heavy atom. The number of aliphatic hydroxyl groups excluding tert-OH is 2. The summed E-state index contributed by atoms with van der Waals surface area (Å²) in [5, 5.41) is 21.1. The fourth-order valence-corrected chi connectivity index (χ4v) is 1.43. The molecule has 0 fully saturated rings. The van der Waals surface area contributed by atoms with Crippen LogP contribution in [0.2, 0.25) is 0 Å². The third-order valence-electron chi connectivity index (χ3n) is 2.80. The number of nitrogens with one attached hydrogen (secondary N) is 1. The highest BCUT2D eigenvalue weighted by molar-refractivity contribution is 5.94. The molecule has 0 aliphatic heterocycles. The van der Waals surface area contributed by atoms with Gasteiger partial charge in [0.05, 0.1) is 24.3 Å². The average molecular weight is 238 g/mol. The zero-order chi connectivity index (χ0) is 12.9. The zero-order valence-electron chi connectivity index (χ0n) is 10.1. The second-order valence-electron chi connectivity index (χ2n) is 4.16. The Labute approximate surface area is 101 Å². The molecule has 0 saturated carbocycles. The van der Waals surface area contributed by atoms with Crippen molar-refractivity contribution in [1.82, 2.24) is 10.3 Å². The maximum Gasteiger partial charge on any atom is 0.253 e. The number of amides is 1. The van der Waals surface area contributed by atoms with E-state index in [1.807, 2.05) is 6.92 Å². The summed E-state index contributed by atoms with van der Waals surface area (Å²) in [6.07, 6.45) is 3.56. The van der Waals surface area contributed by atoms with Gasteiger partial charge in [0, 0.05) is 12.4 Å². The zero-order valence-corrected chi connectivity index (χ0v) is 10.1. The molecule has 0 atom stereocenters. The number of nitrogens with zero attached hydrogens (tertiary/aromatic N) is 1. The summed E-state index contributed by atoms with van der Waals surface area (Å²) < 4.78 is 0. The van der Waals surface area contributed by atoms with E-state index in [1.54, 1.807) is 19.2 Å². The van der Waals surface area contributed by atoms with E-state index in [4.69, 9.17) is 0 Å². The van der Waals surface area contributed by atoms with Crippen molar-refractivity contribution in [1.29, 1.82) is 0 Å². The molecule has 0 unspecified atom stereocenters. The number of carbonyl (C=O) groups excluding carboxylic acids is 1. The summed E-state index contributed by atoms with van der Waals surface area (Å²) in [5.41, 5.74) is 0.332. The number of pyridine rings is 1. The van der Waals surface area contributed by atoms with Crippen molar-refractivity contribution in [2.45, 2.75) is 25.8 Å². The Morgan fingerprint density at radius 2 is 2.06 bits per heavy atom. The van der Waals surface area contributed by atoms with E-state index < -0.39 is 5.54 Å². The highest BCUT2D eigenvalue weighted by Gasteiger charge is 2.28. The molecule has 1 amide bonds. The molecule has 3 N–H and O–H groups in total. The molecule has 0 aromatic carbocycles. The quantitative estimate of drug-likeness (QED) is 0.687. The van der Waals surface area contributed by atoms with E-state index >= 15 is 0 Å². The first-order chi connectivity index (χ1) is 8.06. The topological polar surface area (TPSA) is 82.5 Å². The third-order valence-corrected chi connectivity index (χ3v) is 2.80. The lowest BCUT2D eigenvalue weighted by Crippen LogP contribution is -2.53. The Hall–Kier alpha value is -1.46. The molecule has 94 valence electrons. The van der Waals surface area contributed by atoms with Crippen LogP contribution in [0.3, 0.4) is 0 Å². The first kappa shape index (κ1) is 13.6. The molecular formula is C12H18N2O3. The highest BCUT2D eigenvalue weighted by atomic mass is 16.3. The molecule has 1 aromatic rings. The van der Waals surface area contributed by atoms with Gasteiger partial charge in [-0.3, -0.25) is 9.78 Å². The Morgan fingerprint density at radius 1 is 1.41 bits per heavy atom. The Balaban J connectivity index is 2.84. The summed E-state index contributed by atoms with van der Waals surface area (Å²) in [4.78, 5) is 15.8. The van der Waals surface area contributed by atoms with Gasteiger partial charge in [0.15, 0.2) is 0 Å². The van der Waals surface area contributed by atoms with Crippen molar-refractivity contribution < 1.29 is 15.0 Å². The number of aryl methyl sites for hydroxylation is 1. The molecule has 0 saturated heterocycles. The van der Waals surface area contributed by atoms with Crippen LogP contribution < -0.4 is 5.32 Å². The van der Waals surface area contributed by atoms with Gasteiger partial charge in [-0.2, -0.15) is 0 Å². The standard InChI is InChI=1S/C12H18N2O3/c1-3-12(7-15,8-16)14-11(17)10-4-9(2)5-13-6-10/h4-6,15-16H,3,7-8H2,1-2H3,(H,14,17). The molecule has 5 heteroatoms. The van der Waals surface area contributed by atoms with Gasteiger partial charge in [0.1, 0.15) is 0 Å². The van der Waals surface area contributed by atoms with E-state index in [0.717, 1.165) is 5.56 Å². The highest BCUT2D eigenvalue weighted by Crippen LogP contribution is 2.10. The minimum absolute atomic E-state index is 0.301. The lowest BCUT2D eigenvalue weighted by Gasteiger charge is -2.29. The van der Waals surface area contributed by atoms with Gasteiger partial charge in [0.2, 0.25) is 0 Å². The van der Waals surface area contributed by atoms with Crippen LogP contribution in [-0.4, -0.2) is 39.9 Å². The van der Waals surface area contributed by atoms with Crippen molar-refractivity contribution in [3.63, 3.8) is 0 Å². The fourth-order valence-electron chi connectivity index (χ4n) is 1.43. The van der Waals surface area contributed by atoms with Crippen LogP contribution in [0.5, 0.6) is 0 Å². The van der Waals surface area contributed by atoms with Gasteiger partial charge in [-0.15, -0.1) is 0 Å². The normalized spacial score (nSPS) is 11.3. The van der Waals surface area contributed by atoms with Crippen molar-refractivity contribution in [3.8, 4) is 0 Å². The van der Waals surface area contributed by atoms with Gasteiger partial charge in [-0.1, -0.05) is 6.92 Å². The molecule has 1 rings (SSSR count). The lowest BCUT2D eigenvalue weighted by molar-refractivity contribution is 0.0652. The number of rotatable bonds is 5. The molecule has 5 nitrogen and oxygen atoms in total. The largest absolute Gasteiger partial charge is 0.394 e. The van der Waals surface area contributed by atoms with Crippen LogP contribution in [0.15, 0.2) is 18.5 Å². The molecule has 0 bridgehead atoms. The second kappa shape index (κ2) is 5.75. The molecule has 0 aliphatic rings. The van der Waals surface area contributed by atoms with Crippen molar-refractivity contribution >= 4 is 5.91 Å². The maximum absolute atomic E-state index is 11.9. The van der Waals surface area contributed by atoms with Gasteiger partial charge in [-0.05, 0) is 25.0 Å². The van der Waals surface area contributed by atoms with Crippen LogP contribution in [-0.2, 0) is 0 Å². The third kappa shape index (κ3) is 3.25. The van der Waals surface area contributed by atoms with Crippen LogP contribution in [0, 0.1) is 6.92 Å². The first-order valence-electron chi connectivity index (χ1n) is 5.53. The van der Waals surface area contributed by atoms with E-state index in [-0.39, 0.29) is 19.1 Å². The number of hydrogen-bond acceptors (Lipinski definition) is 4. The van der Waals surface area contributed by atoms with Crippen LogP contribution in [0.4, 0.5) is 0 Å². The van der Waals surface area contributed by atoms with E-state index in [0.29, 0.717) is 12.0 Å². The van der Waals surface area contributed by atoms with Crippen molar-refractivity contribution in [2.24, 2.45) is 0 Å². The predicted octanol–water partition coefficient (Wildman–Crippen LogP) is 0.253. The van der Waals surface area contributed by atoms with Crippen LogP contribution in [0.25, 0.3) is 0 Å². The second-order valence-corrected chi connectivity index (χ2v) is 4.16. The van der Waals surface area contributed by atoms with Gasteiger partial charge in [0.25, 0.3) is 5.91 Å². The summed E-state index contributed by atoms with van der Waals surface area (Å²) in [7, 11) is 0. The number of hydrogen-bond donors (Lipinski definition) is 3. The van der Waals surface area contributed by atoms with E-state index in [1.165, 1.54) is 6.20 Å². The minimum atomic E-state index is -0.971. The summed E-state index contributed by atoms with van der Waals surface area (Å²) in [6, 6.07) is 1.71. The molecule has 1 aromatic heterocycles. The lowest BCUT2D eigenvalue weighted by atomic mass is 9.98. The summed E-state index contributed by atoms with van der Waals surface area (Å²) >= 11 is 0. The molecular weight excluding hydrogens is 220 g/mol. The predicted molar refractivity (Wildman–Crippen MR) is 63.6 cm³/mol. The van der Waals surface area contributed by atoms with Crippen molar-refractivity contribution in [3.05, 3.63) is 29.6 Å².